The van der Waals surface area contributed by atoms with Crippen molar-refractivity contribution in [2.45, 2.75) is 13.3 Å². The molecule has 5 heteroatoms. The Labute approximate surface area is 101 Å². The number of aryl methyl sites for hydroxylation is 1. The van der Waals surface area contributed by atoms with Crippen LogP contribution in [0.5, 0.6) is 0 Å². The maximum Gasteiger partial charge on any atom is 0.222 e. The number of hydrogen-bond acceptors (Lipinski definition) is 3. The number of nitrogens with zero attached hydrogens (tertiary/aromatic N) is 1. The first-order valence-corrected chi connectivity index (χ1v) is 5.61. The Morgan fingerprint density at radius 1 is 1.44 bits per heavy atom. The molecule has 0 radical (unpaired) electrons. The summed E-state index contributed by atoms with van der Waals surface area (Å²) in [5.74, 6) is -0.182. The largest absolute Gasteiger partial charge is 0.368 e. The van der Waals surface area contributed by atoms with E-state index in [1.54, 1.807) is 12.1 Å². The standard InChI is InChI=1S/C11H10BrFN2O/c1-2-6-3-7(11(13)8(12)4-6)9-5-10(14)16-15-9/h3-5H,2,14H2,1H3. The zero-order valence-electron chi connectivity index (χ0n) is 8.63. The summed E-state index contributed by atoms with van der Waals surface area (Å²) in [5, 5.41) is 3.70. The molecule has 0 unspecified atom stereocenters. The van der Waals surface area contributed by atoms with Crippen LogP contribution in [0.15, 0.2) is 27.2 Å². The lowest BCUT2D eigenvalue weighted by Gasteiger charge is -2.04. The molecule has 0 saturated heterocycles. The first kappa shape index (κ1) is 11.1. The molecule has 0 spiro atoms. The second-order valence-electron chi connectivity index (χ2n) is 3.41. The molecule has 1 aromatic carbocycles. The van der Waals surface area contributed by atoms with Crippen LogP contribution in [-0.4, -0.2) is 5.16 Å². The van der Waals surface area contributed by atoms with E-state index in [0.717, 1.165) is 12.0 Å². The maximum atomic E-state index is 13.8. The Bertz CT molecular complexity index is 525. The molecule has 1 heterocycles. The van der Waals surface area contributed by atoms with E-state index >= 15 is 0 Å². The highest BCUT2D eigenvalue weighted by Gasteiger charge is 2.13. The molecule has 1 aromatic heterocycles. The van der Waals surface area contributed by atoms with Crippen molar-refractivity contribution in [2.24, 2.45) is 0 Å². The third-order valence-electron chi connectivity index (χ3n) is 2.30. The molecule has 0 bridgehead atoms. The smallest absolute Gasteiger partial charge is 0.222 e. The zero-order valence-corrected chi connectivity index (χ0v) is 10.2. The highest BCUT2D eigenvalue weighted by Crippen LogP contribution is 2.30. The van der Waals surface area contributed by atoms with E-state index in [1.807, 2.05) is 6.92 Å². The number of nitrogens with two attached hydrogens (primary N) is 1. The summed E-state index contributed by atoms with van der Waals surface area (Å²) in [6, 6.07) is 5.00. The molecule has 0 aliphatic rings. The normalized spacial score (nSPS) is 10.7. The van der Waals surface area contributed by atoms with Crippen LogP contribution in [0.4, 0.5) is 10.3 Å². The Hall–Kier alpha value is -1.36. The van der Waals surface area contributed by atoms with Crippen molar-refractivity contribution in [1.29, 1.82) is 0 Å². The van der Waals surface area contributed by atoms with E-state index in [9.17, 15) is 4.39 Å². The topological polar surface area (TPSA) is 52.0 Å². The molecule has 0 amide bonds. The number of benzene rings is 1. The van der Waals surface area contributed by atoms with Crippen molar-refractivity contribution in [3.05, 3.63) is 34.1 Å². The minimum absolute atomic E-state index is 0.174. The van der Waals surface area contributed by atoms with Crippen molar-refractivity contribution >= 4 is 21.8 Å². The molecule has 16 heavy (non-hydrogen) atoms. The lowest BCUT2D eigenvalue weighted by molar-refractivity contribution is 0.438. The van der Waals surface area contributed by atoms with Crippen LogP contribution in [0.1, 0.15) is 12.5 Å². The molecule has 2 N–H and O–H groups in total. The van der Waals surface area contributed by atoms with Crippen LogP contribution in [0.25, 0.3) is 11.3 Å². The van der Waals surface area contributed by atoms with Crippen LogP contribution >= 0.6 is 15.9 Å². The minimum atomic E-state index is -0.356. The Morgan fingerprint density at radius 3 is 2.75 bits per heavy atom. The molecule has 2 rings (SSSR count). The summed E-state index contributed by atoms with van der Waals surface area (Å²) >= 11 is 3.18. The molecule has 0 fully saturated rings. The lowest BCUT2D eigenvalue weighted by atomic mass is 10.1. The number of anilines is 1. The van der Waals surface area contributed by atoms with E-state index in [4.69, 9.17) is 10.3 Å². The van der Waals surface area contributed by atoms with Crippen molar-refractivity contribution in [2.75, 3.05) is 5.73 Å². The Kier molecular flexibility index (Phi) is 2.96. The molecular weight excluding hydrogens is 275 g/mol. The van der Waals surface area contributed by atoms with Gasteiger partial charge in [0.1, 0.15) is 11.5 Å². The van der Waals surface area contributed by atoms with E-state index in [1.165, 1.54) is 6.07 Å². The van der Waals surface area contributed by atoms with Gasteiger partial charge in [-0.1, -0.05) is 12.1 Å². The quantitative estimate of drug-likeness (QED) is 0.920. The van der Waals surface area contributed by atoms with Gasteiger partial charge in [-0.05, 0) is 40.0 Å². The number of rotatable bonds is 2. The fourth-order valence-corrected chi connectivity index (χ4v) is 1.96. The van der Waals surface area contributed by atoms with E-state index < -0.39 is 0 Å². The third kappa shape index (κ3) is 1.95. The molecule has 0 atom stereocenters. The van der Waals surface area contributed by atoms with Gasteiger partial charge in [-0.25, -0.2) is 4.39 Å². The monoisotopic (exact) mass is 284 g/mol. The predicted octanol–water partition coefficient (Wildman–Crippen LogP) is 3.39. The lowest BCUT2D eigenvalue weighted by Crippen LogP contribution is -1.90. The van der Waals surface area contributed by atoms with Crippen molar-refractivity contribution in [3.8, 4) is 11.3 Å². The molecule has 2 aromatic rings. The zero-order chi connectivity index (χ0) is 11.7. The Morgan fingerprint density at radius 2 is 2.19 bits per heavy atom. The number of halogens is 2. The SMILES string of the molecule is CCc1cc(Br)c(F)c(-c2cc(N)on2)c1. The van der Waals surface area contributed by atoms with Crippen molar-refractivity contribution < 1.29 is 8.91 Å². The Balaban J connectivity index is 2.59. The van der Waals surface area contributed by atoms with Gasteiger partial charge in [-0.2, -0.15) is 0 Å². The van der Waals surface area contributed by atoms with Gasteiger partial charge in [-0.15, -0.1) is 0 Å². The van der Waals surface area contributed by atoms with Crippen molar-refractivity contribution in [1.82, 2.24) is 5.16 Å². The summed E-state index contributed by atoms with van der Waals surface area (Å²) in [4.78, 5) is 0. The third-order valence-corrected chi connectivity index (χ3v) is 2.88. The van der Waals surface area contributed by atoms with Gasteiger partial charge in [0.15, 0.2) is 0 Å². The summed E-state index contributed by atoms with van der Waals surface area (Å²) < 4.78 is 19.0. The van der Waals surface area contributed by atoms with Crippen LogP contribution in [0, 0.1) is 5.82 Å². The van der Waals surface area contributed by atoms with Crippen LogP contribution in [-0.2, 0) is 6.42 Å². The van der Waals surface area contributed by atoms with E-state index in [2.05, 4.69) is 21.1 Å². The summed E-state index contributed by atoms with van der Waals surface area (Å²) in [6.07, 6.45) is 0.819. The molecule has 0 aliphatic heterocycles. The van der Waals surface area contributed by atoms with Crippen LogP contribution < -0.4 is 5.73 Å². The minimum Gasteiger partial charge on any atom is -0.368 e. The summed E-state index contributed by atoms with van der Waals surface area (Å²) in [6.45, 7) is 2.00. The fourth-order valence-electron chi connectivity index (χ4n) is 1.45. The predicted molar refractivity (Wildman–Crippen MR) is 63.4 cm³/mol. The first-order chi connectivity index (χ1) is 7.61. The van der Waals surface area contributed by atoms with Gasteiger partial charge in [0.25, 0.3) is 0 Å². The number of aromatic nitrogens is 1. The average molecular weight is 285 g/mol. The van der Waals surface area contributed by atoms with Crippen molar-refractivity contribution in [3.63, 3.8) is 0 Å². The van der Waals surface area contributed by atoms with Crippen LogP contribution in [0.2, 0.25) is 0 Å². The molecule has 0 aliphatic carbocycles. The highest BCUT2D eigenvalue weighted by atomic mass is 79.9. The van der Waals surface area contributed by atoms with Gasteiger partial charge in [0.2, 0.25) is 5.88 Å². The first-order valence-electron chi connectivity index (χ1n) is 4.82. The van der Waals surface area contributed by atoms with Gasteiger partial charge in [0, 0.05) is 11.6 Å². The summed E-state index contributed by atoms with van der Waals surface area (Å²) in [7, 11) is 0. The average Bonchev–Trinajstić information content (AvgIpc) is 2.68. The fraction of sp³-hybridized carbons (Fsp3) is 0.182. The van der Waals surface area contributed by atoms with Gasteiger partial charge in [-0.3, -0.25) is 0 Å². The second kappa shape index (κ2) is 4.25. The maximum absolute atomic E-state index is 13.8. The molecule has 0 saturated carbocycles. The van der Waals surface area contributed by atoms with Gasteiger partial charge in [0.05, 0.1) is 4.47 Å². The molecule has 3 nitrogen and oxygen atoms in total. The van der Waals surface area contributed by atoms with E-state index in [-0.39, 0.29) is 11.7 Å². The molecular formula is C11H10BrFN2O. The molecule has 84 valence electrons. The highest BCUT2D eigenvalue weighted by molar-refractivity contribution is 9.10. The number of hydrogen-bond donors (Lipinski definition) is 1. The van der Waals surface area contributed by atoms with E-state index in [0.29, 0.717) is 15.7 Å². The second-order valence-corrected chi connectivity index (χ2v) is 4.26. The van der Waals surface area contributed by atoms with Crippen LogP contribution in [0.3, 0.4) is 0 Å². The summed E-state index contributed by atoms with van der Waals surface area (Å²) in [5.41, 5.74) is 7.23. The number of nitrogen functional groups attached to an aromatic ring is 1. The van der Waals surface area contributed by atoms with Gasteiger partial charge >= 0.3 is 0 Å². The van der Waals surface area contributed by atoms with Gasteiger partial charge < -0.3 is 10.3 Å².